The fourth-order valence-corrected chi connectivity index (χ4v) is 2.51. The molecule has 4 heteroatoms. The molecule has 0 unspecified atom stereocenters. The van der Waals surface area contributed by atoms with Crippen molar-refractivity contribution in [1.82, 2.24) is 4.90 Å². The molecule has 2 bridgehead atoms. The molecule has 2 N–H and O–H groups in total. The van der Waals surface area contributed by atoms with Gasteiger partial charge in [-0.05, 0) is 44.0 Å². The van der Waals surface area contributed by atoms with E-state index in [0.717, 1.165) is 6.54 Å². The smallest absolute Gasteiger partial charge is 0.335 e. The fraction of sp³-hybridized carbons (Fsp3) is 0.500. The predicted molar refractivity (Wildman–Crippen MR) is 68.6 cm³/mol. The second-order valence-corrected chi connectivity index (χ2v) is 4.88. The summed E-state index contributed by atoms with van der Waals surface area (Å²) < 4.78 is 0. The van der Waals surface area contributed by atoms with Gasteiger partial charge in [0.25, 0.3) is 0 Å². The molecule has 3 saturated heterocycles. The Morgan fingerprint density at radius 1 is 1.17 bits per heavy atom. The summed E-state index contributed by atoms with van der Waals surface area (Å²) >= 11 is 0. The normalized spacial score (nSPS) is 29.3. The van der Waals surface area contributed by atoms with Gasteiger partial charge < -0.3 is 15.1 Å². The zero-order valence-electron chi connectivity index (χ0n) is 10.3. The molecule has 3 fully saturated rings. The summed E-state index contributed by atoms with van der Waals surface area (Å²) in [7, 11) is 0. The van der Waals surface area contributed by atoms with Gasteiger partial charge in [-0.15, -0.1) is 0 Å². The number of hydrogen-bond acceptors (Lipinski definition) is 3. The Morgan fingerprint density at radius 3 is 2.06 bits per heavy atom. The van der Waals surface area contributed by atoms with Crippen molar-refractivity contribution in [1.29, 1.82) is 0 Å². The molecule has 0 aliphatic carbocycles. The van der Waals surface area contributed by atoms with Crippen LogP contribution in [0.5, 0.6) is 0 Å². The van der Waals surface area contributed by atoms with Crippen molar-refractivity contribution in [2.75, 3.05) is 19.6 Å². The van der Waals surface area contributed by atoms with Crippen LogP contribution in [0.3, 0.4) is 0 Å². The Hall–Kier alpha value is -1.39. The fourth-order valence-electron chi connectivity index (χ4n) is 2.51. The number of carbonyl (C=O) groups is 1. The second kappa shape index (κ2) is 5.98. The minimum Gasteiger partial charge on any atom is -0.478 e. The minimum absolute atomic E-state index is 0.00694. The number of rotatable bonds is 1. The number of carboxylic acids is 1. The van der Waals surface area contributed by atoms with Crippen LogP contribution in [-0.4, -0.2) is 46.8 Å². The molecule has 0 saturated carbocycles. The van der Waals surface area contributed by atoms with Gasteiger partial charge in [0.05, 0.1) is 11.7 Å². The van der Waals surface area contributed by atoms with Crippen molar-refractivity contribution in [2.24, 2.45) is 5.92 Å². The Kier molecular flexibility index (Phi) is 4.33. The van der Waals surface area contributed by atoms with Crippen LogP contribution in [0.1, 0.15) is 23.2 Å². The van der Waals surface area contributed by atoms with Gasteiger partial charge in [-0.3, -0.25) is 0 Å². The number of fused-ring (bicyclic) bond motifs is 3. The van der Waals surface area contributed by atoms with Gasteiger partial charge in [-0.25, -0.2) is 4.79 Å². The molecule has 3 heterocycles. The molecule has 98 valence electrons. The molecule has 4 rings (SSSR count). The van der Waals surface area contributed by atoms with Crippen LogP contribution < -0.4 is 0 Å². The maximum absolute atomic E-state index is 10.2. The first kappa shape index (κ1) is 13.1. The zero-order valence-corrected chi connectivity index (χ0v) is 10.3. The molecule has 18 heavy (non-hydrogen) atoms. The lowest BCUT2D eigenvalue weighted by molar-refractivity contribution is -0.0227. The summed E-state index contributed by atoms with van der Waals surface area (Å²) in [6.45, 7) is 3.38. The molecule has 1 aromatic carbocycles. The lowest BCUT2D eigenvalue weighted by Gasteiger charge is -2.42. The molecule has 3 aliphatic heterocycles. The van der Waals surface area contributed by atoms with E-state index in [1.807, 2.05) is 0 Å². The first-order chi connectivity index (χ1) is 8.66. The lowest BCUT2D eigenvalue weighted by Crippen LogP contribution is -2.50. The Bertz CT molecular complexity index is 385. The van der Waals surface area contributed by atoms with Crippen molar-refractivity contribution in [3.63, 3.8) is 0 Å². The van der Waals surface area contributed by atoms with E-state index in [4.69, 9.17) is 5.11 Å². The van der Waals surface area contributed by atoms with Gasteiger partial charge in [0.2, 0.25) is 0 Å². The summed E-state index contributed by atoms with van der Waals surface area (Å²) in [6.07, 6.45) is 2.44. The number of nitrogens with zero attached hydrogens (tertiary/aromatic N) is 1. The van der Waals surface area contributed by atoms with Crippen LogP contribution in [0.25, 0.3) is 0 Å². The van der Waals surface area contributed by atoms with E-state index in [2.05, 4.69) is 4.90 Å². The van der Waals surface area contributed by atoms with Gasteiger partial charge in [0.1, 0.15) is 0 Å². The van der Waals surface area contributed by atoms with Crippen molar-refractivity contribution in [3.05, 3.63) is 35.9 Å². The molecule has 0 spiro atoms. The highest BCUT2D eigenvalue weighted by Gasteiger charge is 2.32. The maximum Gasteiger partial charge on any atom is 0.335 e. The van der Waals surface area contributed by atoms with Crippen LogP contribution in [0.15, 0.2) is 30.3 Å². The van der Waals surface area contributed by atoms with E-state index in [1.165, 1.54) is 25.9 Å². The number of aliphatic hydroxyl groups excluding tert-OH is 1. The van der Waals surface area contributed by atoms with E-state index < -0.39 is 5.97 Å². The number of aromatic carboxylic acids is 1. The summed E-state index contributed by atoms with van der Waals surface area (Å²) in [4.78, 5) is 12.6. The standard InChI is InChI=1S/C7H13NO.C7H6O2/c9-7-5-8-3-1-6(7)2-4-8;8-7(9)6-4-2-1-3-5-6/h6-7,9H,1-5H2;1-5H,(H,8,9)/t7-;/m1./s1. The van der Waals surface area contributed by atoms with Crippen molar-refractivity contribution in [3.8, 4) is 0 Å². The Labute approximate surface area is 107 Å². The molecule has 0 radical (unpaired) electrons. The van der Waals surface area contributed by atoms with Gasteiger partial charge in [-0.2, -0.15) is 0 Å². The lowest BCUT2D eigenvalue weighted by atomic mass is 9.86. The van der Waals surface area contributed by atoms with Crippen LogP contribution in [0, 0.1) is 5.92 Å². The number of piperidine rings is 3. The highest BCUT2D eigenvalue weighted by Crippen LogP contribution is 2.26. The second-order valence-electron chi connectivity index (χ2n) is 4.88. The van der Waals surface area contributed by atoms with E-state index in [9.17, 15) is 9.90 Å². The number of benzene rings is 1. The maximum atomic E-state index is 10.2. The summed E-state index contributed by atoms with van der Waals surface area (Å²) in [5.41, 5.74) is 0.331. The minimum atomic E-state index is -0.879. The van der Waals surface area contributed by atoms with E-state index >= 15 is 0 Å². The quantitative estimate of drug-likeness (QED) is 0.791. The van der Waals surface area contributed by atoms with E-state index in [1.54, 1.807) is 30.3 Å². The van der Waals surface area contributed by atoms with Crippen LogP contribution in [0.4, 0.5) is 0 Å². The molecule has 0 amide bonds. The topological polar surface area (TPSA) is 60.8 Å². The monoisotopic (exact) mass is 249 g/mol. The third-order valence-electron chi connectivity index (χ3n) is 3.64. The zero-order chi connectivity index (χ0) is 13.0. The molecular formula is C14H19NO3. The average Bonchev–Trinajstić information content (AvgIpc) is 2.41. The number of hydrogen-bond donors (Lipinski definition) is 2. The van der Waals surface area contributed by atoms with Crippen LogP contribution >= 0.6 is 0 Å². The molecule has 1 atom stereocenters. The third-order valence-corrected chi connectivity index (χ3v) is 3.64. The highest BCUT2D eigenvalue weighted by atomic mass is 16.4. The molecule has 1 aromatic rings. The summed E-state index contributed by atoms with van der Waals surface area (Å²) in [6, 6.07) is 8.30. The first-order valence-electron chi connectivity index (χ1n) is 6.35. The third kappa shape index (κ3) is 3.31. The van der Waals surface area contributed by atoms with Gasteiger partial charge in [-0.1, -0.05) is 18.2 Å². The number of carboxylic acid groups (broad SMARTS) is 1. The molecule has 0 aromatic heterocycles. The molecule has 4 nitrogen and oxygen atoms in total. The molecular weight excluding hydrogens is 230 g/mol. The SMILES string of the molecule is O=C(O)c1ccccc1.O[C@@H]1CN2CCC1CC2. The van der Waals surface area contributed by atoms with Gasteiger partial charge in [0.15, 0.2) is 0 Å². The highest BCUT2D eigenvalue weighted by molar-refractivity contribution is 5.87. The van der Waals surface area contributed by atoms with Crippen LogP contribution in [-0.2, 0) is 0 Å². The summed E-state index contributed by atoms with van der Waals surface area (Å²) in [5, 5.41) is 17.7. The first-order valence-corrected chi connectivity index (χ1v) is 6.35. The van der Waals surface area contributed by atoms with Crippen molar-refractivity contribution >= 4 is 5.97 Å². The van der Waals surface area contributed by atoms with Gasteiger partial charge >= 0.3 is 5.97 Å². The number of aliphatic hydroxyl groups is 1. The Balaban J connectivity index is 0.000000134. The summed E-state index contributed by atoms with van der Waals surface area (Å²) in [5.74, 6) is -0.245. The van der Waals surface area contributed by atoms with Crippen molar-refractivity contribution in [2.45, 2.75) is 18.9 Å². The van der Waals surface area contributed by atoms with Crippen molar-refractivity contribution < 1.29 is 15.0 Å². The largest absolute Gasteiger partial charge is 0.478 e. The average molecular weight is 249 g/mol. The van der Waals surface area contributed by atoms with Crippen LogP contribution in [0.2, 0.25) is 0 Å². The van der Waals surface area contributed by atoms with E-state index in [-0.39, 0.29) is 6.10 Å². The molecule has 3 aliphatic rings. The van der Waals surface area contributed by atoms with E-state index in [0.29, 0.717) is 11.5 Å². The van der Waals surface area contributed by atoms with Gasteiger partial charge in [0, 0.05) is 6.54 Å². The Morgan fingerprint density at radius 2 is 1.78 bits per heavy atom. The predicted octanol–water partition coefficient (Wildman–Crippen LogP) is 1.46.